The van der Waals surface area contributed by atoms with Crippen molar-refractivity contribution in [1.29, 1.82) is 0 Å². The minimum Gasteiger partial charge on any atom is -0.372 e. The first-order valence-corrected chi connectivity index (χ1v) is 6.60. The highest BCUT2D eigenvalue weighted by molar-refractivity contribution is 6.20. The number of halogens is 1. The van der Waals surface area contributed by atoms with Gasteiger partial charge in [-0.1, -0.05) is 37.5 Å². The van der Waals surface area contributed by atoms with E-state index in [-0.39, 0.29) is 5.38 Å². The maximum Gasteiger partial charge on any atom is 0.0725 e. The van der Waals surface area contributed by atoms with E-state index in [1.54, 1.807) is 0 Å². The van der Waals surface area contributed by atoms with Crippen LogP contribution < -0.4 is 0 Å². The second-order valence-corrected chi connectivity index (χ2v) is 5.55. The number of benzene rings is 1. The van der Waals surface area contributed by atoms with Crippen molar-refractivity contribution < 1.29 is 4.74 Å². The molecule has 1 aromatic rings. The van der Waals surface area contributed by atoms with Gasteiger partial charge in [0.25, 0.3) is 0 Å². The fraction of sp³-hybridized carbons (Fsp3) is 0.571. The number of rotatable bonds is 3. The van der Waals surface area contributed by atoms with E-state index in [4.69, 9.17) is 16.3 Å². The molecule has 2 heteroatoms. The SMILES string of the molecule is ClC(CC1CCC1)c1ccc2c(c1)COC2. The summed E-state index contributed by atoms with van der Waals surface area (Å²) in [6, 6.07) is 6.58. The van der Waals surface area contributed by atoms with Crippen LogP contribution in [0.25, 0.3) is 0 Å². The molecule has 1 fully saturated rings. The smallest absolute Gasteiger partial charge is 0.0725 e. The predicted octanol–water partition coefficient (Wildman–Crippen LogP) is 4.19. The Hall–Kier alpha value is -0.530. The topological polar surface area (TPSA) is 9.23 Å². The Morgan fingerprint density at radius 2 is 2.06 bits per heavy atom. The molecule has 16 heavy (non-hydrogen) atoms. The Morgan fingerprint density at radius 1 is 1.25 bits per heavy atom. The number of fused-ring (bicyclic) bond motifs is 1. The first-order valence-electron chi connectivity index (χ1n) is 6.16. The van der Waals surface area contributed by atoms with E-state index in [0.29, 0.717) is 0 Å². The Kier molecular flexibility index (Phi) is 2.91. The van der Waals surface area contributed by atoms with E-state index < -0.39 is 0 Å². The molecule has 1 heterocycles. The van der Waals surface area contributed by atoms with Gasteiger partial charge in [0.15, 0.2) is 0 Å². The zero-order valence-corrected chi connectivity index (χ0v) is 10.2. The molecule has 0 aromatic heterocycles. The fourth-order valence-electron chi connectivity index (χ4n) is 2.54. The molecule has 0 spiro atoms. The highest BCUT2D eigenvalue weighted by atomic mass is 35.5. The molecule has 2 aliphatic rings. The summed E-state index contributed by atoms with van der Waals surface area (Å²) in [6.07, 6.45) is 5.28. The molecule has 1 saturated carbocycles. The molecule has 3 rings (SSSR count). The van der Waals surface area contributed by atoms with Crippen molar-refractivity contribution in [2.24, 2.45) is 5.92 Å². The summed E-state index contributed by atoms with van der Waals surface area (Å²) in [5, 5.41) is 0.191. The number of hydrogen-bond donors (Lipinski definition) is 0. The predicted molar refractivity (Wildman–Crippen MR) is 65.5 cm³/mol. The van der Waals surface area contributed by atoms with E-state index in [1.165, 1.54) is 36.0 Å². The fourth-order valence-corrected chi connectivity index (χ4v) is 2.93. The molecule has 1 atom stereocenters. The Labute approximate surface area is 102 Å². The van der Waals surface area contributed by atoms with Crippen molar-refractivity contribution in [3.8, 4) is 0 Å². The maximum absolute atomic E-state index is 6.47. The van der Waals surface area contributed by atoms with Crippen LogP contribution in [0.15, 0.2) is 18.2 Å². The second kappa shape index (κ2) is 4.38. The monoisotopic (exact) mass is 236 g/mol. The molecule has 0 radical (unpaired) electrons. The average molecular weight is 237 g/mol. The largest absolute Gasteiger partial charge is 0.372 e. The first kappa shape index (κ1) is 10.6. The quantitative estimate of drug-likeness (QED) is 0.716. The summed E-state index contributed by atoms with van der Waals surface area (Å²) in [6.45, 7) is 1.53. The van der Waals surface area contributed by atoms with Gasteiger partial charge >= 0.3 is 0 Å². The van der Waals surface area contributed by atoms with Crippen molar-refractivity contribution in [1.82, 2.24) is 0 Å². The Morgan fingerprint density at radius 3 is 2.81 bits per heavy atom. The van der Waals surface area contributed by atoms with Crippen molar-refractivity contribution in [2.45, 2.75) is 44.3 Å². The maximum atomic E-state index is 6.47. The van der Waals surface area contributed by atoms with Gasteiger partial charge in [-0.3, -0.25) is 0 Å². The highest BCUT2D eigenvalue weighted by Gasteiger charge is 2.22. The zero-order chi connectivity index (χ0) is 11.0. The average Bonchev–Trinajstić information content (AvgIpc) is 2.69. The van der Waals surface area contributed by atoms with Crippen molar-refractivity contribution >= 4 is 11.6 Å². The van der Waals surface area contributed by atoms with Crippen LogP contribution in [0.2, 0.25) is 0 Å². The van der Waals surface area contributed by atoms with Crippen molar-refractivity contribution in [2.75, 3.05) is 0 Å². The van der Waals surface area contributed by atoms with Crippen LogP contribution in [0.3, 0.4) is 0 Å². The molecule has 1 aromatic carbocycles. The third-order valence-corrected chi connectivity index (χ3v) is 4.30. The first-order chi connectivity index (χ1) is 7.83. The van der Waals surface area contributed by atoms with Gasteiger partial charge in [0, 0.05) is 0 Å². The summed E-state index contributed by atoms with van der Waals surface area (Å²) < 4.78 is 5.42. The van der Waals surface area contributed by atoms with Gasteiger partial charge in [0.05, 0.1) is 18.6 Å². The Balaban J connectivity index is 1.72. The summed E-state index contributed by atoms with van der Waals surface area (Å²) in [4.78, 5) is 0. The van der Waals surface area contributed by atoms with E-state index >= 15 is 0 Å². The van der Waals surface area contributed by atoms with Gasteiger partial charge in [-0.15, -0.1) is 11.6 Å². The third-order valence-electron chi connectivity index (χ3n) is 3.87. The van der Waals surface area contributed by atoms with Gasteiger partial charge in [-0.05, 0) is 29.0 Å². The molecule has 86 valence electrons. The lowest BCUT2D eigenvalue weighted by atomic mass is 9.81. The normalized spacial score (nSPS) is 21.6. The third kappa shape index (κ3) is 1.99. The second-order valence-electron chi connectivity index (χ2n) is 5.02. The highest BCUT2D eigenvalue weighted by Crippen LogP contribution is 2.38. The number of ether oxygens (including phenoxy) is 1. The zero-order valence-electron chi connectivity index (χ0n) is 9.42. The molecule has 1 aliphatic heterocycles. The van der Waals surface area contributed by atoms with Crippen LogP contribution in [0.5, 0.6) is 0 Å². The lowest BCUT2D eigenvalue weighted by Gasteiger charge is -2.27. The van der Waals surface area contributed by atoms with E-state index in [2.05, 4.69) is 18.2 Å². The molecule has 0 amide bonds. The summed E-state index contributed by atoms with van der Waals surface area (Å²) in [7, 11) is 0. The molecule has 0 bridgehead atoms. The van der Waals surface area contributed by atoms with Crippen LogP contribution in [0.4, 0.5) is 0 Å². The van der Waals surface area contributed by atoms with Crippen molar-refractivity contribution in [3.05, 3.63) is 34.9 Å². The Bertz CT molecular complexity index is 384. The van der Waals surface area contributed by atoms with Crippen LogP contribution >= 0.6 is 11.6 Å². The lowest BCUT2D eigenvalue weighted by molar-refractivity contribution is 0.134. The summed E-state index contributed by atoms with van der Waals surface area (Å²) in [5.74, 6) is 0.868. The van der Waals surface area contributed by atoms with Crippen LogP contribution in [-0.4, -0.2) is 0 Å². The van der Waals surface area contributed by atoms with Gasteiger partial charge in [0.1, 0.15) is 0 Å². The van der Waals surface area contributed by atoms with E-state index in [0.717, 1.165) is 25.6 Å². The summed E-state index contributed by atoms with van der Waals surface area (Å²) >= 11 is 6.47. The molecule has 1 nitrogen and oxygen atoms in total. The molecule has 1 aliphatic carbocycles. The minimum absolute atomic E-state index is 0.191. The standard InChI is InChI=1S/C14H17ClO/c15-14(6-10-2-1-3-10)11-4-5-12-8-16-9-13(12)7-11/h4-5,7,10,14H,1-3,6,8-9H2. The summed E-state index contributed by atoms with van der Waals surface area (Å²) in [5.41, 5.74) is 3.94. The van der Waals surface area contributed by atoms with Gasteiger partial charge in [0.2, 0.25) is 0 Å². The van der Waals surface area contributed by atoms with Crippen LogP contribution in [0, 0.1) is 5.92 Å². The van der Waals surface area contributed by atoms with E-state index in [1.807, 2.05) is 0 Å². The van der Waals surface area contributed by atoms with Crippen molar-refractivity contribution in [3.63, 3.8) is 0 Å². The van der Waals surface area contributed by atoms with E-state index in [9.17, 15) is 0 Å². The molecule has 1 unspecified atom stereocenters. The number of alkyl halides is 1. The van der Waals surface area contributed by atoms with Crippen LogP contribution in [0.1, 0.15) is 47.8 Å². The van der Waals surface area contributed by atoms with Crippen LogP contribution in [-0.2, 0) is 18.0 Å². The molecular formula is C14H17ClO. The minimum atomic E-state index is 0.191. The van der Waals surface area contributed by atoms with Gasteiger partial charge < -0.3 is 4.74 Å². The lowest BCUT2D eigenvalue weighted by Crippen LogP contribution is -2.13. The molecule has 0 saturated heterocycles. The van der Waals surface area contributed by atoms with Gasteiger partial charge in [-0.2, -0.15) is 0 Å². The molecule has 0 N–H and O–H groups in total. The number of hydrogen-bond acceptors (Lipinski definition) is 1. The van der Waals surface area contributed by atoms with Gasteiger partial charge in [-0.25, -0.2) is 0 Å². The molecular weight excluding hydrogens is 220 g/mol.